The number of benzene rings is 2. The number of carbonyl (C=O) groups excluding carboxylic acids is 2. The molecule has 1 saturated heterocycles. The lowest BCUT2D eigenvalue weighted by Crippen LogP contribution is -2.43. The fraction of sp³-hybridized carbons (Fsp3) is 0.364. The molecule has 3 amide bonds. The summed E-state index contributed by atoms with van der Waals surface area (Å²) in [6.45, 7) is 1.40. The molecule has 0 saturated carbocycles. The van der Waals surface area contributed by atoms with E-state index in [0.29, 0.717) is 29.3 Å². The second-order valence-electron chi connectivity index (χ2n) is 6.99. The molecule has 0 unspecified atom stereocenters. The molecule has 29 heavy (non-hydrogen) atoms. The number of hydrogen-bond acceptors (Lipinski definition) is 4. The second-order valence-corrected chi connectivity index (χ2v) is 6.99. The molecule has 2 aromatic rings. The number of piperidine rings is 1. The molecule has 7 nitrogen and oxygen atoms in total. The van der Waals surface area contributed by atoms with Crippen LogP contribution in [0.4, 0.5) is 10.5 Å². The molecule has 3 rings (SSSR count). The molecule has 7 heteroatoms. The fourth-order valence-corrected chi connectivity index (χ4v) is 3.63. The highest BCUT2D eigenvalue weighted by atomic mass is 16.5. The maximum Gasteiger partial charge on any atom is 0.317 e. The van der Waals surface area contributed by atoms with Gasteiger partial charge in [0.15, 0.2) is 0 Å². The van der Waals surface area contributed by atoms with E-state index in [2.05, 4.69) is 10.6 Å². The first-order valence-electron chi connectivity index (χ1n) is 9.65. The van der Waals surface area contributed by atoms with Crippen molar-refractivity contribution in [2.45, 2.75) is 18.8 Å². The van der Waals surface area contributed by atoms with Gasteiger partial charge >= 0.3 is 6.03 Å². The third-order valence-electron chi connectivity index (χ3n) is 5.20. The molecule has 2 N–H and O–H groups in total. The van der Waals surface area contributed by atoms with E-state index < -0.39 is 0 Å². The topological polar surface area (TPSA) is 79.9 Å². The Kier molecular flexibility index (Phi) is 6.59. The largest absolute Gasteiger partial charge is 0.497 e. The number of nitrogens with zero attached hydrogens (tertiary/aromatic N) is 1. The first-order valence-corrected chi connectivity index (χ1v) is 9.65. The van der Waals surface area contributed by atoms with E-state index in [0.717, 1.165) is 24.9 Å². The van der Waals surface area contributed by atoms with Crippen molar-refractivity contribution in [2.75, 3.05) is 39.7 Å². The van der Waals surface area contributed by atoms with Crippen molar-refractivity contribution in [1.29, 1.82) is 0 Å². The fourth-order valence-electron chi connectivity index (χ4n) is 3.63. The summed E-state index contributed by atoms with van der Waals surface area (Å²) in [5.74, 6) is 1.17. The van der Waals surface area contributed by atoms with Crippen LogP contribution in [0.25, 0.3) is 0 Å². The van der Waals surface area contributed by atoms with Gasteiger partial charge in [-0.15, -0.1) is 0 Å². The van der Waals surface area contributed by atoms with E-state index in [4.69, 9.17) is 9.47 Å². The number of hydrogen-bond donors (Lipinski definition) is 2. The van der Waals surface area contributed by atoms with Gasteiger partial charge < -0.3 is 25.0 Å². The predicted molar refractivity (Wildman–Crippen MR) is 112 cm³/mol. The number of methoxy groups -OCH3 is 2. The Morgan fingerprint density at radius 3 is 2.66 bits per heavy atom. The number of rotatable bonds is 5. The van der Waals surface area contributed by atoms with Crippen LogP contribution in [0.2, 0.25) is 0 Å². The van der Waals surface area contributed by atoms with Gasteiger partial charge in [0.05, 0.1) is 19.9 Å². The highest BCUT2D eigenvalue weighted by Crippen LogP contribution is 2.30. The van der Waals surface area contributed by atoms with Gasteiger partial charge in [0.1, 0.15) is 11.5 Å². The summed E-state index contributed by atoms with van der Waals surface area (Å²) in [5, 5.41) is 5.58. The van der Waals surface area contributed by atoms with E-state index >= 15 is 0 Å². The van der Waals surface area contributed by atoms with Gasteiger partial charge in [-0.05, 0) is 42.7 Å². The Hall–Kier alpha value is -3.22. The SMILES string of the molecule is CNC(=O)N1CCC[C@@H](c2cccc(C(=O)Nc3cc(OC)ccc3OC)c2)C1. The summed E-state index contributed by atoms with van der Waals surface area (Å²) in [5.41, 5.74) is 2.17. The molecule has 0 aliphatic carbocycles. The van der Waals surface area contributed by atoms with Gasteiger partial charge in [0.25, 0.3) is 5.91 Å². The van der Waals surface area contributed by atoms with Gasteiger partial charge in [-0.2, -0.15) is 0 Å². The van der Waals surface area contributed by atoms with Crippen LogP contribution in [0.3, 0.4) is 0 Å². The first-order chi connectivity index (χ1) is 14.0. The average molecular weight is 397 g/mol. The lowest BCUT2D eigenvalue weighted by atomic mass is 9.89. The van der Waals surface area contributed by atoms with E-state index in [9.17, 15) is 9.59 Å². The third kappa shape index (κ3) is 4.80. The zero-order chi connectivity index (χ0) is 20.8. The van der Waals surface area contributed by atoms with Crippen molar-refractivity contribution in [3.8, 4) is 11.5 Å². The molecule has 1 fully saturated rings. The van der Waals surface area contributed by atoms with Crippen LogP contribution in [0, 0.1) is 0 Å². The number of ether oxygens (including phenoxy) is 2. The number of amides is 3. The Balaban J connectivity index is 1.77. The molecule has 0 aromatic heterocycles. The van der Waals surface area contributed by atoms with Crippen LogP contribution < -0.4 is 20.1 Å². The van der Waals surface area contributed by atoms with Gasteiger partial charge in [-0.1, -0.05) is 12.1 Å². The monoisotopic (exact) mass is 397 g/mol. The van der Waals surface area contributed by atoms with Gasteiger partial charge in [0, 0.05) is 37.7 Å². The molecule has 1 atom stereocenters. The maximum atomic E-state index is 12.9. The van der Waals surface area contributed by atoms with Crippen molar-refractivity contribution in [3.05, 3.63) is 53.6 Å². The second kappa shape index (κ2) is 9.32. The maximum absolute atomic E-state index is 12.9. The molecule has 1 aliphatic heterocycles. The highest BCUT2D eigenvalue weighted by molar-refractivity contribution is 6.05. The third-order valence-corrected chi connectivity index (χ3v) is 5.20. The Bertz CT molecular complexity index is 884. The zero-order valence-electron chi connectivity index (χ0n) is 17.0. The summed E-state index contributed by atoms with van der Waals surface area (Å²) in [4.78, 5) is 26.6. The summed E-state index contributed by atoms with van der Waals surface area (Å²) >= 11 is 0. The summed E-state index contributed by atoms with van der Waals surface area (Å²) in [6, 6.07) is 12.8. The molecule has 2 aromatic carbocycles. The lowest BCUT2D eigenvalue weighted by Gasteiger charge is -2.32. The normalized spacial score (nSPS) is 16.1. The molecular weight excluding hydrogens is 370 g/mol. The van der Waals surface area contributed by atoms with E-state index in [1.165, 1.54) is 0 Å². The van der Waals surface area contributed by atoms with Gasteiger partial charge in [-0.3, -0.25) is 4.79 Å². The molecule has 1 aliphatic rings. The molecule has 1 heterocycles. The van der Waals surface area contributed by atoms with Gasteiger partial charge in [-0.25, -0.2) is 4.79 Å². The lowest BCUT2D eigenvalue weighted by molar-refractivity contribution is 0.102. The number of urea groups is 1. The van der Waals surface area contributed by atoms with Crippen molar-refractivity contribution in [2.24, 2.45) is 0 Å². The minimum Gasteiger partial charge on any atom is -0.497 e. The Morgan fingerprint density at radius 1 is 1.10 bits per heavy atom. The summed E-state index contributed by atoms with van der Waals surface area (Å²) < 4.78 is 10.6. The Morgan fingerprint density at radius 2 is 1.93 bits per heavy atom. The highest BCUT2D eigenvalue weighted by Gasteiger charge is 2.24. The van der Waals surface area contributed by atoms with Crippen LogP contribution in [0.1, 0.15) is 34.7 Å². The van der Waals surface area contributed by atoms with Gasteiger partial charge in [0.2, 0.25) is 0 Å². The van der Waals surface area contributed by atoms with Crippen molar-refractivity contribution >= 4 is 17.6 Å². The number of anilines is 1. The predicted octanol–water partition coefficient (Wildman–Crippen LogP) is 3.47. The van der Waals surface area contributed by atoms with Crippen LogP contribution in [-0.4, -0.2) is 51.2 Å². The zero-order valence-corrected chi connectivity index (χ0v) is 17.0. The number of likely N-dealkylation sites (tertiary alicyclic amines) is 1. The van der Waals surface area contributed by atoms with Crippen LogP contribution >= 0.6 is 0 Å². The molecule has 0 bridgehead atoms. The van der Waals surface area contributed by atoms with Crippen molar-refractivity contribution in [1.82, 2.24) is 10.2 Å². The Labute approximate surface area is 171 Å². The van der Waals surface area contributed by atoms with Crippen molar-refractivity contribution in [3.63, 3.8) is 0 Å². The number of carbonyl (C=O) groups is 2. The van der Waals surface area contributed by atoms with Crippen LogP contribution in [0.5, 0.6) is 11.5 Å². The quantitative estimate of drug-likeness (QED) is 0.810. The van der Waals surface area contributed by atoms with Crippen LogP contribution in [-0.2, 0) is 0 Å². The summed E-state index contributed by atoms with van der Waals surface area (Å²) in [7, 11) is 4.77. The van der Waals surface area contributed by atoms with E-state index in [1.807, 2.05) is 23.1 Å². The van der Waals surface area contributed by atoms with E-state index in [-0.39, 0.29) is 17.9 Å². The van der Waals surface area contributed by atoms with Crippen LogP contribution in [0.15, 0.2) is 42.5 Å². The first kappa shape index (κ1) is 20.5. The minimum absolute atomic E-state index is 0.0614. The van der Waals surface area contributed by atoms with Crippen molar-refractivity contribution < 1.29 is 19.1 Å². The molecular formula is C22H27N3O4. The number of nitrogens with one attached hydrogen (secondary N) is 2. The summed E-state index contributed by atoms with van der Waals surface area (Å²) in [6.07, 6.45) is 1.93. The molecule has 154 valence electrons. The molecule has 0 radical (unpaired) electrons. The smallest absolute Gasteiger partial charge is 0.317 e. The van der Waals surface area contributed by atoms with E-state index in [1.54, 1.807) is 45.5 Å². The minimum atomic E-state index is -0.225. The standard InChI is InChI=1S/C22H27N3O4/c1-23-22(27)25-11-5-8-17(14-25)15-6-4-7-16(12-15)21(26)24-19-13-18(28-2)9-10-20(19)29-3/h4,6-7,9-10,12-13,17H,5,8,11,14H2,1-3H3,(H,23,27)(H,24,26)/t17-/m1/s1. The average Bonchev–Trinajstić information content (AvgIpc) is 2.78. The molecule has 0 spiro atoms.